The van der Waals surface area contributed by atoms with Gasteiger partial charge in [0.25, 0.3) is 0 Å². The smallest absolute Gasteiger partial charge is 0.112 e. The molecule has 1 rings (SSSR count). The molecule has 0 aromatic heterocycles. The molecular formula is C9H19NO4. The Morgan fingerprint density at radius 1 is 1.29 bits per heavy atom. The second-order valence-electron chi connectivity index (χ2n) is 3.38. The van der Waals surface area contributed by atoms with Crippen LogP contribution >= 0.6 is 0 Å². The van der Waals surface area contributed by atoms with Crippen molar-refractivity contribution in [3.63, 3.8) is 0 Å². The van der Waals surface area contributed by atoms with Crippen molar-refractivity contribution in [1.82, 2.24) is 0 Å². The van der Waals surface area contributed by atoms with Crippen LogP contribution in [0.5, 0.6) is 0 Å². The second kappa shape index (κ2) is 5.63. The molecule has 0 aromatic rings. The third-order valence-electron chi connectivity index (χ3n) is 2.45. The molecule has 4 unspecified atom stereocenters. The van der Waals surface area contributed by atoms with Crippen LogP contribution in [0, 0.1) is 0 Å². The molecule has 5 nitrogen and oxygen atoms in total. The molecule has 1 heterocycles. The van der Waals surface area contributed by atoms with Crippen molar-refractivity contribution in [3.8, 4) is 0 Å². The first-order valence-corrected chi connectivity index (χ1v) is 4.68. The fourth-order valence-corrected chi connectivity index (χ4v) is 1.79. The predicted molar refractivity (Wildman–Crippen MR) is 50.9 cm³/mol. The lowest BCUT2D eigenvalue weighted by atomic mass is 10.0. The summed E-state index contributed by atoms with van der Waals surface area (Å²) in [7, 11) is 4.91. The zero-order valence-electron chi connectivity index (χ0n) is 8.93. The first-order valence-electron chi connectivity index (χ1n) is 4.68. The van der Waals surface area contributed by atoms with E-state index in [2.05, 4.69) is 0 Å². The van der Waals surface area contributed by atoms with Crippen LogP contribution in [0.2, 0.25) is 0 Å². The van der Waals surface area contributed by atoms with Gasteiger partial charge in [-0.05, 0) is 0 Å². The molecule has 1 fully saturated rings. The quantitative estimate of drug-likeness (QED) is 0.685. The standard InChI is InChI=1S/C9H19NO4/c1-11-5-7-9(13-3)6(12-2)4-8(10)14-7/h6-9H,4-5,10H2,1-3H3. The molecule has 1 saturated heterocycles. The Kier molecular flexibility index (Phi) is 4.77. The van der Waals surface area contributed by atoms with Gasteiger partial charge in [0.2, 0.25) is 0 Å². The van der Waals surface area contributed by atoms with Gasteiger partial charge in [-0.3, -0.25) is 0 Å². The predicted octanol–water partition coefficient (Wildman–Crippen LogP) is -0.263. The Labute approximate surface area is 84.4 Å². The Hall–Kier alpha value is -0.200. The molecule has 0 bridgehead atoms. The van der Waals surface area contributed by atoms with Crippen LogP contribution in [0.15, 0.2) is 0 Å². The lowest BCUT2D eigenvalue weighted by Gasteiger charge is -2.38. The fourth-order valence-electron chi connectivity index (χ4n) is 1.79. The highest BCUT2D eigenvalue weighted by molar-refractivity contribution is 4.85. The summed E-state index contributed by atoms with van der Waals surface area (Å²) >= 11 is 0. The molecule has 0 saturated carbocycles. The number of hydrogen-bond donors (Lipinski definition) is 1. The van der Waals surface area contributed by atoms with Crippen LogP contribution in [0.25, 0.3) is 0 Å². The van der Waals surface area contributed by atoms with Crippen LogP contribution < -0.4 is 5.73 Å². The zero-order chi connectivity index (χ0) is 10.6. The van der Waals surface area contributed by atoms with Gasteiger partial charge in [-0.15, -0.1) is 0 Å². The summed E-state index contributed by atoms with van der Waals surface area (Å²) in [5.41, 5.74) is 5.72. The number of methoxy groups -OCH3 is 3. The van der Waals surface area contributed by atoms with Crippen molar-refractivity contribution >= 4 is 0 Å². The maximum Gasteiger partial charge on any atom is 0.112 e. The summed E-state index contributed by atoms with van der Waals surface area (Å²) in [6, 6.07) is 0. The van der Waals surface area contributed by atoms with Crippen molar-refractivity contribution in [2.75, 3.05) is 27.9 Å². The van der Waals surface area contributed by atoms with E-state index < -0.39 is 0 Å². The minimum absolute atomic E-state index is 0.0242. The lowest BCUT2D eigenvalue weighted by molar-refractivity contribution is -0.197. The van der Waals surface area contributed by atoms with Crippen LogP contribution in [-0.4, -0.2) is 52.5 Å². The lowest BCUT2D eigenvalue weighted by Crippen LogP contribution is -2.54. The molecule has 0 aliphatic carbocycles. The van der Waals surface area contributed by atoms with Gasteiger partial charge < -0.3 is 24.7 Å². The van der Waals surface area contributed by atoms with Crippen LogP contribution in [0.1, 0.15) is 6.42 Å². The minimum atomic E-state index is -0.300. The van der Waals surface area contributed by atoms with Gasteiger partial charge in [-0.2, -0.15) is 0 Å². The van der Waals surface area contributed by atoms with Gasteiger partial charge in [-0.25, -0.2) is 0 Å². The normalized spacial score (nSPS) is 38.6. The maximum absolute atomic E-state index is 5.72. The van der Waals surface area contributed by atoms with Crippen LogP contribution in [0.4, 0.5) is 0 Å². The number of rotatable bonds is 4. The second-order valence-corrected chi connectivity index (χ2v) is 3.38. The average Bonchev–Trinajstić information content (AvgIpc) is 2.17. The highest BCUT2D eigenvalue weighted by Crippen LogP contribution is 2.22. The molecule has 0 aromatic carbocycles. The van der Waals surface area contributed by atoms with Crippen molar-refractivity contribution in [2.45, 2.75) is 31.0 Å². The highest BCUT2D eigenvalue weighted by atomic mass is 16.6. The molecule has 0 amide bonds. The molecule has 5 heteroatoms. The summed E-state index contributed by atoms with van der Waals surface area (Å²) in [4.78, 5) is 0. The summed E-state index contributed by atoms with van der Waals surface area (Å²) in [6.07, 6.45) is 0.0590. The molecule has 0 radical (unpaired) electrons. The number of ether oxygens (including phenoxy) is 4. The molecule has 0 spiro atoms. The van der Waals surface area contributed by atoms with Crippen molar-refractivity contribution in [1.29, 1.82) is 0 Å². The molecule has 4 atom stereocenters. The molecule has 2 N–H and O–H groups in total. The van der Waals surface area contributed by atoms with E-state index in [-0.39, 0.29) is 24.5 Å². The van der Waals surface area contributed by atoms with Crippen LogP contribution in [-0.2, 0) is 18.9 Å². The first kappa shape index (κ1) is 11.9. The summed E-state index contributed by atoms with van der Waals surface area (Å²) < 4.78 is 21.2. The van der Waals surface area contributed by atoms with Gasteiger partial charge in [0.15, 0.2) is 0 Å². The molecule has 1 aliphatic heterocycles. The van der Waals surface area contributed by atoms with Crippen molar-refractivity contribution in [3.05, 3.63) is 0 Å². The minimum Gasteiger partial charge on any atom is -0.382 e. The van der Waals surface area contributed by atoms with E-state index in [9.17, 15) is 0 Å². The summed E-state index contributed by atoms with van der Waals surface area (Å²) in [5.74, 6) is 0. The zero-order valence-corrected chi connectivity index (χ0v) is 8.93. The molecule has 84 valence electrons. The Morgan fingerprint density at radius 2 is 2.00 bits per heavy atom. The van der Waals surface area contributed by atoms with E-state index in [1.165, 1.54) is 0 Å². The van der Waals surface area contributed by atoms with Gasteiger partial charge in [0.1, 0.15) is 18.4 Å². The largest absolute Gasteiger partial charge is 0.382 e. The van der Waals surface area contributed by atoms with E-state index >= 15 is 0 Å². The van der Waals surface area contributed by atoms with E-state index in [0.29, 0.717) is 13.0 Å². The third-order valence-corrected chi connectivity index (χ3v) is 2.45. The third kappa shape index (κ3) is 2.65. The Bertz CT molecular complexity index is 167. The van der Waals surface area contributed by atoms with Gasteiger partial charge in [0, 0.05) is 27.8 Å². The first-order chi connectivity index (χ1) is 6.72. The Morgan fingerprint density at radius 3 is 2.50 bits per heavy atom. The number of nitrogens with two attached hydrogens (primary N) is 1. The SMILES string of the molecule is COCC1OC(N)CC(OC)C1OC. The van der Waals surface area contributed by atoms with Gasteiger partial charge in [0.05, 0.1) is 12.7 Å². The molecule has 1 aliphatic rings. The Balaban J connectivity index is 2.60. The van der Waals surface area contributed by atoms with Crippen molar-refractivity contribution in [2.24, 2.45) is 5.73 Å². The molecule has 14 heavy (non-hydrogen) atoms. The maximum atomic E-state index is 5.72. The van der Waals surface area contributed by atoms with Gasteiger partial charge in [-0.1, -0.05) is 0 Å². The van der Waals surface area contributed by atoms with E-state index in [1.807, 2.05) is 0 Å². The topological polar surface area (TPSA) is 62.9 Å². The van der Waals surface area contributed by atoms with Gasteiger partial charge >= 0.3 is 0 Å². The van der Waals surface area contributed by atoms with E-state index in [4.69, 9.17) is 24.7 Å². The number of hydrogen-bond acceptors (Lipinski definition) is 5. The molecular weight excluding hydrogens is 186 g/mol. The monoisotopic (exact) mass is 205 g/mol. The van der Waals surface area contributed by atoms with E-state index in [0.717, 1.165) is 0 Å². The van der Waals surface area contributed by atoms with E-state index in [1.54, 1.807) is 21.3 Å². The fraction of sp³-hybridized carbons (Fsp3) is 1.00. The van der Waals surface area contributed by atoms with Crippen LogP contribution in [0.3, 0.4) is 0 Å². The summed E-state index contributed by atoms with van der Waals surface area (Å²) in [5, 5.41) is 0. The highest BCUT2D eigenvalue weighted by Gasteiger charge is 2.37. The summed E-state index contributed by atoms with van der Waals surface area (Å²) in [6.45, 7) is 0.464. The van der Waals surface area contributed by atoms with Crippen molar-refractivity contribution < 1.29 is 18.9 Å². The average molecular weight is 205 g/mol.